The van der Waals surface area contributed by atoms with E-state index in [0.717, 1.165) is 12.1 Å². The first-order valence-electron chi connectivity index (χ1n) is 6.56. The van der Waals surface area contributed by atoms with Crippen LogP contribution in [-0.4, -0.2) is 17.6 Å². The summed E-state index contributed by atoms with van der Waals surface area (Å²) in [5.41, 5.74) is 0.0621. The monoisotopic (exact) mass is 309 g/mol. The Bertz CT molecular complexity index is 687. The predicted octanol–water partition coefficient (Wildman–Crippen LogP) is 2.88. The average molecular weight is 309 g/mol. The van der Waals surface area contributed by atoms with E-state index in [1.165, 1.54) is 31.2 Å². The largest absolute Gasteiger partial charge is 0.387 e. The summed E-state index contributed by atoms with van der Waals surface area (Å²) in [4.78, 5) is 11.8. The molecular weight excluding hydrogens is 295 g/mol. The van der Waals surface area contributed by atoms with Crippen LogP contribution in [0.1, 0.15) is 27.6 Å². The number of rotatable bonds is 4. The second-order valence-electron chi connectivity index (χ2n) is 4.86. The van der Waals surface area contributed by atoms with Gasteiger partial charge in [-0.05, 0) is 42.3 Å². The first-order chi connectivity index (χ1) is 10.4. The molecule has 3 nitrogen and oxygen atoms in total. The van der Waals surface area contributed by atoms with Crippen LogP contribution in [0.3, 0.4) is 0 Å². The molecule has 2 aromatic rings. The van der Waals surface area contributed by atoms with Crippen molar-refractivity contribution in [2.75, 3.05) is 6.54 Å². The molecular formula is C16H14F3NO2. The molecule has 116 valence electrons. The smallest absolute Gasteiger partial charge is 0.254 e. The third kappa shape index (κ3) is 3.65. The lowest BCUT2D eigenvalue weighted by Crippen LogP contribution is -2.29. The van der Waals surface area contributed by atoms with E-state index >= 15 is 0 Å². The Morgan fingerprint density at radius 1 is 1.14 bits per heavy atom. The number of halogens is 3. The number of aryl methyl sites for hydroxylation is 1. The van der Waals surface area contributed by atoms with Crippen LogP contribution < -0.4 is 5.32 Å². The Morgan fingerprint density at radius 3 is 2.41 bits per heavy atom. The Hall–Kier alpha value is -2.34. The molecule has 22 heavy (non-hydrogen) atoms. The fraction of sp³-hybridized carbons (Fsp3) is 0.188. The van der Waals surface area contributed by atoms with Gasteiger partial charge < -0.3 is 10.4 Å². The molecule has 0 aliphatic heterocycles. The predicted molar refractivity (Wildman–Crippen MR) is 74.8 cm³/mol. The van der Waals surface area contributed by atoms with E-state index in [0.29, 0.717) is 5.56 Å². The van der Waals surface area contributed by atoms with Crippen LogP contribution in [0.5, 0.6) is 0 Å². The quantitative estimate of drug-likeness (QED) is 0.912. The van der Waals surface area contributed by atoms with Crippen molar-refractivity contribution in [1.82, 2.24) is 5.32 Å². The van der Waals surface area contributed by atoms with Gasteiger partial charge in [-0.3, -0.25) is 4.79 Å². The molecule has 0 aliphatic rings. The Labute approximate surface area is 125 Å². The first-order valence-corrected chi connectivity index (χ1v) is 6.56. The third-order valence-corrected chi connectivity index (χ3v) is 3.20. The maximum atomic E-state index is 13.6. The van der Waals surface area contributed by atoms with Crippen LogP contribution in [0.15, 0.2) is 36.4 Å². The third-order valence-electron chi connectivity index (χ3n) is 3.20. The summed E-state index contributed by atoms with van der Waals surface area (Å²) in [6.45, 7) is 1.18. The number of carbonyl (C=O) groups is 1. The fourth-order valence-electron chi connectivity index (χ4n) is 1.91. The summed E-state index contributed by atoms with van der Waals surface area (Å²) < 4.78 is 39.8. The number of aliphatic hydroxyl groups excluding tert-OH is 1. The molecule has 0 aliphatic carbocycles. The lowest BCUT2D eigenvalue weighted by Gasteiger charge is -2.13. The molecule has 6 heteroatoms. The van der Waals surface area contributed by atoms with Crippen LogP contribution in [0.2, 0.25) is 0 Å². The molecule has 0 bridgehead atoms. The van der Waals surface area contributed by atoms with E-state index in [9.17, 15) is 23.1 Å². The normalized spacial score (nSPS) is 12.0. The van der Waals surface area contributed by atoms with Crippen LogP contribution in [0.25, 0.3) is 0 Å². The summed E-state index contributed by atoms with van der Waals surface area (Å²) in [7, 11) is 0. The van der Waals surface area contributed by atoms with Gasteiger partial charge in [0.2, 0.25) is 0 Å². The van der Waals surface area contributed by atoms with E-state index in [2.05, 4.69) is 5.32 Å². The van der Waals surface area contributed by atoms with E-state index in [4.69, 9.17) is 0 Å². The SMILES string of the molecule is Cc1cc(F)c(C(=O)NCC(O)c2ccc(F)cc2)cc1F. The van der Waals surface area contributed by atoms with Gasteiger partial charge in [-0.1, -0.05) is 12.1 Å². The number of carbonyl (C=O) groups excluding carboxylic acids is 1. The molecule has 0 saturated heterocycles. The van der Waals surface area contributed by atoms with Gasteiger partial charge in [0, 0.05) is 6.54 Å². The zero-order valence-corrected chi connectivity index (χ0v) is 11.7. The molecule has 1 unspecified atom stereocenters. The van der Waals surface area contributed by atoms with Crippen molar-refractivity contribution >= 4 is 5.91 Å². The minimum absolute atomic E-state index is 0.0976. The van der Waals surface area contributed by atoms with Crippen molar-refractivity contribution in [3.8, 4) is 0 Å². The molecule has 0 saturated carbocycles. The van der Waals surface area contributed by atoms with E-state index in [1.807, 2.05) is 0 Å². The highest BCUT2D eigenvalue weighted by Crippen LogP contribution is 2.15. The topological polar surface area (TPSA) is 49.3 Å². The van der Waals surface area contributed by atoms with Crippen molar-refractivity contribution in [1.29, 1.82) is 0 Å². The minimum Gasteiger partial charge on any atom is -0.387 e. The van der Waals surface area contributed by atoms with Gasteiger partial charge in [0.05, 0.1) is 11.7 Å². The second-order valence-corrected chi connectivity index (χ2v) is 4.86. The lowest BCUT2D eigenvalue weighted by molar-refractivity contribution is 0.0911. The summed E-state index contributed by atoms with van der Waals surface area (Å²) >= 11 is 0. The average Bonchev–Trinajstić information content (AvgIpc) is 2.49. The summed E-state index contributed by atoms with van der Waals surface area (Å²) in [5, 5.41) is 12.2. The number of hydrogen-bond donors (Lipinski definition) is 2. The van der Waals surface area contributed by atoms with Crippen LogP contribution in [0, 0.1) is 24.4 Å². The summed E-state index contributed by atoms with van der Waals surface area (Å²) in [5.74, 6) is -2.81. The number of amides is 1. The van der Waals surface area contributed by atoms with E-state index < -0.39 is 35.0 Å². The highest BCUT2D eigenvalue weighted by molar-refractivity contribution is 5.94. The van der Waals surface area contributed by atoms with Gasteiger partial charge in [-0.15, -0.1) is 0 Å². The zero-order chi connectivity index (χ0) is 16.3. The Kier molecular flexibility index (Phi) is 4.82. The molecule has 0 spiro atoms. The maximum absolute atomic E-state index is 13.6. The highest BCUT2D eigenvalue weighted by Gasteiger charge is 2.16. The highest BCUT2D eigenvalue weighted by atomic mass is 19.1. The molecule has 1 atom stereocenters. The lowest BCUT2D eigenvalue weighted by atomic mass is 10.1. The fourth-order valence-corrected chi connectivity index (χ4v) is 1.91. The van der Waals surface area contributed by atoms with Gasteiger partial charge in [0.25, 0.3) is 5.91 Å². The van der Waals surface area contributed by atoms with Gasteiger partial charge in [-0.25, -0.2) is 13.2 Å². The standard InChI is InChI=1S/C16H14F3NO2/c1-9-6-14(19)12(7-13(9)18)16(22)20-8-15(21)10-2-4-11(17)5-3-10/h2-7,15,21H,8H2,1H3,(H,20,22). The van der Waals surface area contributed by atoms with E-state index in [-0.39, 0.29) is 12.1 Å². The molecule has 2 rings (SSSR count). The van der Waals surface area contributed by atoms with Crippen LogP contribution in [-0.2, 0) is 0 Å². The first kappa shape index (κ1) is 16.0. The Balaban J connectivity index is 2.03. The van der Waals surface area contributed by atoms with Crippen molar-refractivity contribution in [3.05, 3.63) is 70.5 Å². The van der Waals surface area contributed by atoms with Gasteiger partial charge in [-0.2, -0.15) is 0 Å². The van der Waals surface area contributed by atoms with Gasteiger partial charge in [0.1, 0.15) is 17.5 Å². The number of hydrogen-bond acceptors (Lipinski definition) is 2. The van der Waals surface area contributed by atoms with Crippen molar-refractivity contribution < 1.29 is 23.1 Å². The summed E-state index contributed by atoms with van der Waals surface area (Å²) in [6, 6.07) is 6.84. The molecule has 0 heterocycles. The molecule has 0 radical (unpaired) electrons. The van der Waals surface area contributed by atoms with Crippen LogP contribution in [0.4, 0.5) is 13.2 Å². The second kappa shape index (κ2) is 6.62. The molecule has 0 fully saturated rings. The number of benzene rings is 2. The zero-order valence-electron chi connectivity index (χ0n) is 11.7. The molecule has 2 aromatic carbocycles. The van der Waals surface area contributed by atoms with Crippen LogP contribution >= 0.6 is 0 Å². The van der Waals surface area contributed by atoms with Crippen molar-refractivity contribution in [2.45, 2.75) is 13.0 Å². The molecule has 0 aromatic heterocycles. The van der Waals surface area contributed by atoms with Gasteiger partial charge >= 0.3 is 0 Å². The molecule has 2 N–H and O–H groups in total. The molecule has 1 amide bonds. The summed E-state index contributed by atoms with van der Waals surface area (Å²) in [6.07, 6.45) is -1.08. The Morgan fingerprint density at radius 2 is 1.77 bits per heavy atom. The van der Waals surface area contributed by atoms with Crippen molar-refractivity contribution in [2.24, 2.45) is 0 Å². The van der Waals surface area contributed by atoms with Gasteiger partial charge in [0.15, 0.2) is 0 Å². The minimum atomic E-state index is -1.08. The maximum Gasteiger partial charge on any atom is 0.254 e. The van der Waals surface area contributed by atoms with Crippen molar-refractivity contribution in [3.63, 3.8) is 0 Å². The number of nitrogens with one attached hydrogen (secondary N) is 1. The van der Waals surface area contributed by atoms with E-state index in [1.54, 1.807) is 0 Å². The number of aliphatic hydroxyl groups is 1.